The van der Waals surface area contributed by atoms with Gasteiger partial charge >= 0.3 is 0 Å². The normalized spacial score (nSPS) is 14.0. The van der Waals surface area contributed by atoms with Gasteiger partial charge in [-0.3, -0.25) is 0 Å². The molecule has 0 aromatic heterocycles. The Balaban J connectivity index is 1.96. The maximum Gasteiger partial charge on any atom is 0.163 e. The number of hydrogen-bond acceptors (Lipinski definition) is 4. The van der Waals surface area contributed by atoms with E-state index in [1.54, 1.807) is 0 Å². The summed E-state index contributed by atoms with van der Waals surface area (Å²) >= 11 is 0. The molecule has 3 N–H and O–H groups in total. The highest BCUT2D eigenvalue weighted by Crippen LogP contribution is 2.37. The largest absolute Gasteiger partial charge is 0.486 e. The minimum absolute atomic E-state index is 0.259. The van der Waals surface area contributed by atoms with Crippen molar-refractivity contribution in [1.82, 2.24) is 0 Å². The van der Waals surface area contributed by atoms with E-state index in [1.807, 2.05) is 12.1 Å². The molecule has 0 saturated heterocycles. The van der Waals surface area contributed by atoms with Gasteiger partial charge in [-0.15, -0.1) is 0 Å². The molecular weight excluding hydrogens is 264 g/mol. The van der Waals surface area contributed by atoms with Crippen molar-refractivity contribution in [2.75, 3.05) is 30.8 Å². The summed E-state index contributed by atoms with van der Waals surface area (Å²) in [6, 6.07) is 3.80. The van der Waals surface area contributed by atoms with E-state index in [9.17, 15) is 0 Å². The van der Waals surface area contributed by atoms with Crippen LogP contribution in [0.15, 0.2) is 12.1 Å². The van der Waals surface area contributed by atoms with Gasteiger partial charge in [-0.1, -0.05) is 40.0 Å². The lowest BCUT2D eigenvalue weighted by Gasteiger charge is -2.27. The molecule has 0 bridgehead atoms. The maximum atomic E-state index is 6.10. The van der Waals surface area contributed by atoms with Crippen molar-refractivity contribution < 1.29 is 9.47 Å². The third-order valence-corrected chi connectivity index (χ3v) is 3.93. The van der Waals surface area contributed by atoms with Crippen molar-refractivity contribution in [3.8, 4) is 11.5 Å². The Kier molecular flexibility index (Phi) is 5.21. The van der Waals surface area contributed by atoms with Crippen LogP contribution < -0.4 is 20.5 Å². The molecule has 0 amide bonds. The molecule has 0 aliphatic carbocycles. The number of fused-ring (bicyclic) bond motifs is 1. The summed E-state index contributed by atoms with van der Waals surface area (Å²) in [6.45, 7) is 8.91. The summed E-state index contributed by atoms with van der Waals surface area (Å²) < 4.78 is 11.1. The van der Waals surface area contributed by atoms with E-state index in [4.69, 9.17) is 15.2 Å². The highest BCUT2D eigenvalue weighted by atomic mass is 16.6. The molecule has 1 aromatic carbocycles. The number of unbranched alkanes of at least 4 members (excludes halogenated alkanes) is 2. The van der Waals surface area contributed by atoms with E-state index in [1.165, 1.54) is 25.7 Å². The Hall–Kier alpha value is -1.58. The smallest absolute Gasteiger partial charge is 0.163 e. The van der Waals surface area contributed by atoms with Crippen LogP contribution >= 0.6 is 0 Å². The lowest BCUT2D eigenvalue weighted by Crippen LogP contribution is -2.23. The van der Waals surface area contributed by atoms with Crippen LogP contribution in [0.1, 0.15) is 46.5 Å². The van der Waals surface area contributed by atoms with Gasteiger partial charge in [0.05, 0.1) is 11.4 Å². The molecule has 0 spiro atoms. The van der Waals surface area contributed by atoms with Crippen molar-refractivity contribution in [2.45, 2.75) is 46.5 Å². The Labute approximate surface area is 128 Å². The first kappa shape index (κ1) is 15.8. The third-order valence-electron chi connectivity index (χ3n) is 3.93. The first-order valence-corrected chi connectivity index (χ1v) is 7.95. The standard InChI is InChI=1S/C17H28N2O2/c1-4-5-6-7-17(2,3)12-19-14-11-16-15(10-13(14)18)20-8-9-21-16/h10-11,19H,4-9,12,18H2,1-3H3. The van der Waals surface area contributed by atoms with Gasteiger partial charge in [-0.25, -0.2) is 0 Å². The molecule has 1 aromatic rings. The zero-order valence-corrected chi connectivity index (χ0v) is 13.5. The molecule has 1 heterocycles. The summed E-state index contributed by atoms with van der Waals surface area (Å²) in [5.74, 6) is 1.52. The zero-order chi connectivity index (χ0) is 15.3. The molecule has 0 fully saturated rings. The van der Waals surface area contributed by atoms with Gasteiger partial charge in [0.1, 0.15) is 13.2 Å². The number of nitrogens with one attached hydrogen (secondary N) is 1. The summed E-state index contributed by atoms with van der Waals surface area (Å²) in [7, 11) is 0. The van der Waals surface area contributed by atoms with Crippen LogP contribution in [0.4, 0.5) is 11.4 Å². The molecule has 4 heteroatoms. The molecule has 1 aliphatic heterocycles. The van der Waals surface area contributed by atoms with Crippen molar-refractivity contribution in [2.24, 2.45) is 5.41 Å². The molecule has 0 saturated carbocycles. The van der Waals surface area contributed by atoms with Crippen molar-refractivity contribution >= 4 is 11.4 Å². The molecule has 21 heavy (non-hydrogen) atoms. The summed E-state index contributed by atoms with van der Waals surface area (Å²) in [5, 5.41) is 3.47. The molecule has 1 aliphatic rings. The Morgan fingerprint density at radius 2 is 1.81 bits per heavy atom. The van der Waals surface area contributed by atoms with Gasteiger partial charge in [0.25, 0.3) is 0 Å². The molecule has 0 unspecified atom stereocenters. The number of nitrogens with two attached hydrogens (primary N) is 1. The topological polar surface area (TPSA) is 56.5 Å². The molecule has 2 rings (SSSR count). The predicted molar refractivity (Wildman–Crippen MR) is 88.3 cm³/mol. The van der Waals surface area contributed by atoms with Crippen LogP contribution in [0, 0.1) is 5.41 Å². The van der Waals surface area contributed by atoms with Gasteiger partial charge in [-0.05, 0) is 11.8 Å². The minimum Gasteiger partial charge on any atom is -0.486 e. The van der Waals surface area contributed by atoms with Crippen LogP contribution in [0.2, 0.25) is 0 Å². The number of hydrogen-bond donors (Lipinski definition) is 2. The SMILES string of the molecule is CCCCCC(C)(C)CNc1cc2c(cc1N)OCCO2. The summed E-state index contributed by atoms with van der Waals surface area (Å²) in [6.07, 6.45) is 5.06. The zero-order valence-electron chi connectivity index (χ0n) is 13.5. The minimum atomic E-state index is 0.259. The van der Waals surface area contributed by atoms with Crippen LogP contribution in [-0.4, -0.2) is 19.8 Å². The first-order valence-electron chi connectivity index (χ1n) is 7.95. The second-order valence-corrected chi connectivity index (χ2v) is 6.56. The van der Waals surface area contributed by atoms with E-state index in [-0.39, 0.29) is 5.41 Å². The highest BCUT2D eigenvalue weighted by molar-refractivity contribution is 5.72. The van der Waals surface area contributed by atoms with E-state index in [2.05, 4.69) is 26.1 Å². The fourth-order valence-electron chi connectivity index (χ4n) is 2.53. The van der Waals surface area contributed by atoms with Gasteiger partial charge in [-0.2, -0.15) is 0 Å². The van der Waals surface area contributed by atoms with Crippen molar-refractivity contribution in [1.29, 1.82) is 0 Å². The predicted octanol–water partition coefficient (Wildman–Crippen LogP) is 4.06. The quantitative estimate of drug-likeness (QED) is 0.588. The third kappa shape index (κ3) is 4.45. The second kappa shape index (κ2) is 6.92. The van der Waals surface area contributed by atoms with Gasteiger partial charge in [0.15, 0.2) is 11.5 Å². The molecule has 4 nitrogen and oxygen atoms in total. The van der Waals surface area contributed by atoms with E-state index in [0.717, 1.165) is 23.7 Å². The fraction of sp³-hybridized carbons (Fsp3) is 0.647. The monoisotopic (exact) mass is 292 g/mol. The molecular formula is C17H28N2O2. The molecule has 118 valence electrons. The fourth-order valence-corrected chi connectivity index (χ4v) is 2.53. The summed E-state index contributed by atoms with van der Waals surface area (Å²) in [4.78, 5) is 0. The number of anilines is 2. The Morgan fingerprint density at radius 3 is 2.48 bits per heavy atom. The highest BCUT2D eigenvalue weighted by Gasteiger charge is 2.19. The number of nitrogen functional groups attached to an aromatic ring is 1. The Morgan fingerprint density at radius 1 is 1.14 bits per heavy atom. The lowest BCUT2D eigenvalue weighted by atomic mass is 9.87. The van der Waals surface area contributed by atoms with Crippen molar-refractivity contribution in [3.63, 3.8) is 0 Å². The first-order chi connectivity index (χ1) is 10.0. The number of benzene rings is 1. The van der Waals surface area contributed by atoms with E-state index >= 15 is 0 Å². The second-order valence-electron chi connectivity index (χ2n) is 6.56. The van der Waals surface area contributed by atoms with Crippen LogP contribution in [0.25, 0.3) is 0 Å². The van der Waals surface area contributed by atoms with Crippen LogP contribution in [0.5, 0.6) is 11.5 Å². The van der Waals surface area contributed by atoms with E-state index < -0.39 is 0 Å². The van der Waals surface area contributed by atoms with E-state index in [0.29, 0.717) is 18.9 Å². The Bertz CT molecular complexity index is 472. The maximum absolute atomic E-state index is 6.10. The van der Waals surface area contributed by atoms with Crippen molar-refractivity contribution in [3.05, 3.63) is 12.1 Å². The van der Waals surface area contributed by atoms with Crippen LogP contribution in [-0.2, 0) is 0 Å². The molecule has 0 atom stereocenters. The lowest BCUT2D eigenvalue weighted by molar-refractivity contribution is 0.172. The molecule has 0 radical (unpaired) electrons. The van der Waals surface area contributed by atoms with Gasteiger partial charge in [0, 0.05) is 18.7 Å². The number of rotatable bonds is 7. The van der Waals surface area contributed by atoms with Gasteiger partial charge in [0.2, 0.25) is 0 Å². The van der Waals surface area contributed by atoms with Gasteiger partial charge < -0.3 is 20.5 Å². The number of ether oxygens (including phenoxy) is 2. The summed E-state index contributed by atoms with van der Waals surface area (Å²) in [5.41, 5.74) is 8.00. The average Bonchev–Trinajstić information content (AvgIpc) is 2.45. The van der Waals surface area contributed by atoms with Crippen LogP contribution in [0.3, 0.4) is 0 Å². The average molecular weight is 292 g/mol.